The Morgan fingerprint density at radius 3 is 2.73 bits per heavy atom. The molecule has 6 nitrogen and oxygen atoms in total. The summed E-state index contributed by atoms with van der Waals surface area (Å²) < 4.78 is 0. The van der Waals surface area contributed by atoms with Gasteiger partial charge in [0, 0.05) is 20.0 Å². The number of carbonyl (C=O) groups excluding carboxylic acids is 1. The Morgan fingerprint density at radius 2 is 2.20 bits per heavy atom. The van der Waals surface area contributed by atoms with Crippen LogP contribution in [0.3, 0.4) is 0 Å². The number of hydrogen-bond donors (Lipinski definition) is 0. The van der Waals surface area contributed by atoms with Crippen LogP contribution in [0.4, 0.5) is 5.69 Å². The van der Waals surface area contributed by atoms with Gasteiger partial charge in [-0.25, -0.2) is 0 Å². The van der Waals surface area contributed by atoms with E-state index >= 15 is 0 Å². The molecule has 0 atom stereocenters. The summed E-state index contributed by atoms with van der Waals surface area (Å²) in [4.78, 5) is 25.8. The van der Waals surface area contributed by atoms with Crippen molar-refractivity contribution in [3.05, 3.63) is 34.4 Å². The summed E-state index contributed by atoms with van der Waals surface area (Å²) in [6.45, 7) is 1.33. The predicted octanol–water partition coefficient (Wildman–Crippen LogP) is 1.37. The molecule has 15 heavy (non-hydrogen) atoms. The van der Waals surface area contributed by atoms with E-state index < -0.39 is 4.92 Å². The first-order chi connectivity index (χ1) is 7.00. The standard InChI is InChI=1S/C9H10N2O4/c1-7(12)10(2)15-9-5-3-4-8(6-9)11(13)14/h3-6H,1-2H3. The molecule has 1 aromatic rings. The summed E-state index contributed by atoms with van der Waals surface area (Å²) in [6.07, 6.45) is 0. The second kappa shape index (κ2) is 4.41. The van der Waals surface area contributed by atoms with E-state index in [0.29, 0.717) is 0 Å². The quantitative estimate of drug-likeness (QED) is 0.557. The fourth-order valence-electron chi connectivity index (χ4n) is 0.876. The molecule has 6 heteroatoms. The van der Waals surface area contributed by atoms with E-state index in [2.05, 4.69) is 0 Å². The molecule has 0 aliphatic heterocycles. The maximum absolute atomic E-state index is 10.8. The molecule has 0 aromatic heterocycles. The Morgan fingerprint density at radius 1 is 1.53 bits per heavy atom. The Labute approximate surface area is 86.2 Å². The van der Waals surface area contributed by atoms with Crippen molar-refractivity contribution >= 4 is 11.6 Å². The third-order valence-electron chi connectivity index (χ3n) is 1.71. The van der Waals surface area contributed by atoms with Crippen molar-refractivity contribution < 1.29 is 14.6 Å². The second-order valence-electron chi connectivity index (χ2n) is 2.86. The van der Waals surface area contributed by atoms with Crippen molar-refractivity contribution in [2.24, 2.45) is 0 Å². The smallest absolute Gasteiger partial charge is 0.273 e. The Kier molecular flexibility index (Phi) is 3.22. The lowest BCUT2D eigenvalue weighted by atomic mass is 10.3. The van der Waals surface area contributed by atoms with E-state index in [1.165, 1.54) is 38.2 Å². The minimum atomic E-state index is -0.527. The lowest BCUT2D eigenvalue weighted by molar-refractivity contribution is -0.385. The summed E-state index contributed by atoms with van der Waals surface area (Å²) >= 11 is 0. The van der Waals surface area contributed by atoms with Crippen LogP contribution >= 0.6 is 0 Å². The average molecular weight is 210 g/mol. The molecule has 0 spiro atoms. The molecule has 0 aliphatic carbocycles. The number of nitro groups is 1. The van der Waals surface area contributed by atoms with Crippen molar-refractivity contribution in [3.63, 3.8) is 0 Å². The lowest BCUT2D eigenvalue weighted by Crippen LogP contribution is -2.27. The topological polar surface area (TPSA) is 72.7 Å². The van der Waals surface area contributed by atoms with Crippen molar-refractivity contribution in [1.82, 2.24) is 5.06 Å². The zero-order valence-electron chi connectivity index (χ0n) is 8.34. The molecule has 1 rings (SSSR count). The summed E-state index contributed by atoms with van der Waals surface area (Å²) in [5.74, 6) is -0.0385. The number of nitro benzene ring substituents is 1. The fourth-order valence-corrected chi connectivity index (χ4v) is 0.876. The van der Waals surface area contributed by atoms with Gasteiger partial charge in [-0.05, 0) is 6.07 Å². The molecular formula is C9H10N2O4. The van der Waals surface area contributed by atoms with Crippen LogP contribution in [-0.2, 0) is 4.79 Å². The van der Waals surface area contributed by atoms with Crippen LogP contribution in [0.1, 0.15) is 6.92 Å². The Bertz CT molecular complexity index is 391. The molecule has 0 aliphatic rings. The number of rotatable bonds is 3. The highest BCUT2D eigenvalue weighted by Crippen LogP contribution is 2.19. The third kappa shape index (κ3) is 2.94. The number of carbonyl (C=O) groups is 1. The van der Waals surface area contributed by atoms with Gasteiger partial charge >= 0.3 is 0 Å². The van der Waals surface area contributed by atoms with Gasteiger partial charge in [-0.2, -0.15) is 5.06 Å². The molecular weight excluding hydrogens is 200 g/mol. The number of amides is 1. The molecule has 0 heterocycles. The Hall–Kier alpha value is -2.11. The monoisotopic (exact) mass is 210 g/mol. The SMILES string of the molecule is CC(=O)N(C)Oc1cccc([N+](=O)[O-])c1. The lowest BCUT2D eigenvalue weighted by Gasteiger charge is -2.14. The van der Waals surface area contributed by atoms with Gasteiger partial charge in [0.25, 0.3) is 11.6 Å². The minimum Gasteiger partial charge on any atom is -0.377 e. The first kappa shape index (κ1) is 11.0. The molecule has 1 amide bonds. The predicted molar refractivity (Wildman–Crippen MR) is 52.2 cm³/mol. The zero-order valence-corrected chi connectivity index (χ0v) is 8.34. The highest BCUT2D eigenvalue weighted by atomic mass is 16.7. The summed E-state index contributed by atoms with van der Waals surface area (Å²) in [5.41, 5.74) is -0.0792. The summed E-state index contributed by atoms with van der Waals surface area (Å²) in [5, 5.41) is 11.4. The normalized spacial score (nSPS) is 9.47. The highest BCUT2D eigenvalue weighted by molar-refractivity contribution is 5.71. The van der Waals surface area contributed by atoms with Crippen molar-refractivity contribution in [2.45, 2.75) is 6.92 Å². The van der Waals surface area contributed by atoms with E-state index in [9.17, 15) is 14.9 Å². The molecule has 0 N–H and O–H groups in total. The third-order valence-corrected chi connectivity index (χ3v) is 1.71. The minimum absolute atomic E-state index is 0.0792. The molecule has 0 unspecified atom stereocenters. The van der Waals surface area contributed by atoms with Gasteiger partial charge in [-0.3, -0.25) is 14.9 Å². The van der Waals surface area contributed by atoms with Gasteiger partial charge in [0.05, 0.1) is 11.0 Å². The zero-order chi connectivity index (χ0) is 11.4. The van der Waals surface area contributed by atoms with Crippen LogP contribution in [0.25, 0.3) is 0 Å². The first-order valence-electron chi connectivity index (χ1n) is 4.17. The van der Waals surface area contributed by atoms with Gasteiger partial charge < -0.3 is 4.84 Å². The van der Waals surface area contributed by atoms with Crippen molar-refractivity contribution in [1.29, 1.82) is 0 Å². The van der Waals surface area contributed by atoms with Gasteiger partial charge in [-0.1, -0.05) is 6.07 Å². The fraction of sp³-hybridized carbons (Fsp3) is 0.222. The summed E-state index contributed by atoms with van der Waals surface area (Å²) in [6, 6.07) is 5.62. The maximum Gasteiger partial charge on any atom is 0.273 e. The van der Waals surface area contributed by atoms with Crippen LogP contribution in [0.15, 0.2) is 24.3 Å². The van der Waals surface area contributed by atoms with Crippen LogP contribution < -0.4 is 4.84 Å². The van der Waals surface area contributed by atoms with E-state index in [-0.39, 0.29) is 17.3 Å². The van der Waals surface area contributed by atoms with E-state index in [0.717, 1.165) is 5.06 Å². The molecule has 0 fully saturated rings. The van der Waals surface area contributed by atoms with Crippen LogP contribution in [0.5, 0.6) is 5.75 Å². The molecule has 80 valence electrons. The van der Waals surface area contributed by atoms with E-state index in [4.69, 9.17) is 4.84 Å². The molecule has 1 aromatic carbocycles. The number of hydrogen-bond acceptors (Lipinski definition) is 4. The molecule has 0 radical (unpaired) electrons. The highest BCUT2D eigenvalue weighted by Gasteiger charge is 2.09. The van der Waals surface area contributed by atoms with Gasteiger partial charge in [0.1, 0.15) is 0 Å². The molecule has 0 bridgehead atoms. The van der Waals surface area contributed by atoms with Gasteiger partial charge in [0.15, 0.2) is 5.75 Å². The van der Waals surface area contributed by atoms with Crippen molar-refractivity contribution in [2.75, 3.05) is 7.05 Å². The number of non-ortho nitro benzene ring substituents is 1. The molecule has 0 saturated heterocycles. The van der Waals surface area contributed by atoms with Crippen LogP contribution in [0.2, 0.25) is 0 Å². The van der Waals surface area contributed by atoms with E-state index in [1.807, 2.05) is 0 Å². The summed E-state index contributed by atoms with van der Waals surface area (Å²) in [7, 11) is 1.43. The second-order valence-corrected chi connectivity index (χ2v) is 2.86. The largest absolute Gasteiger partial charge is 0.377 e. The molecule has 0 saturated carbocycles. The van der Waals surface area contributed by atoms with Gasteiger partial charge in [-0.15, -0.1) is 0 Å². The van der Waals surface area contributed by atoms with Gasteiger partial charge in [0.2, 0.25) is 0 Å². The average Bonchev–Trinajstić information content (AvgIpc) is 2.18. The first-order valence-corrected chi connectivity index (χ1v) is 4.17. The van der Waals surface area contributed by atoms with E-state index in [1.54, 1.807) is 0 Å². The van der Waals surface area contributed by atoms with Crippen LogP contribution in [0, 0.1) is 10.1 Å². The Balaban J connectivity index is 2.82. The number of hydroxylamine groups is 2. The number of benzene rings is 1. The number of nitrogens with zero attached hydrogens (tertiary/aromatic N) is 2. The van der Waals surface area contributed by atoms with Crippen molar-refractivity contribution in [3.8, 4) is 5.75 Å². The van der Waals surface area contributed by atoms with Crippen LogP contribution in [-0.4, -0.2) is 22.9 Å². The maximum atomic E-state index is 10.8.